The highest BCUT2D eigenvalue weighted by atomic mass is 16.5. The molecule has 4 aliphatic carbocycles. The Bertz CT molecular complexity index is 505. The van der Waals surface area contributed by atoms with Crippen molar-refractivity contribution in [3.8, 4) is 0 Å². The van der Waals surface area contributed by atoms with Crippen molar-refractivity contribution in [3.05, 3.63) is 12.7 Å². The molecule has 4 saturated carbocycles. The van der Waals surface area contributed by atoms with Crippen LogP contribution in [-0.4, -0.2) is 34.4 Å². The van der Waals surface area contributed by atoms with E-state index in [-0.39, 0.29) is 12.0 Å². The minimum absolute atomic E-state index is 0.171. The summed E-state index contributed by atoms with van der Waals surface area (Å²) in [5.41, 5.74) is -2.43. The van der Waals surface area contributed by atoms with Gasteiger partial charge in [0.15, 0.2) is 0 Å². The molecule has 116 valence electrons. The number of carboxylic acid groups (broad SMARTS) is 1. The van der Waals surface area contributed by atoms with E-state index < -0.39 is 28.4 Å². The second kappa shape index (κ2) is 4.09. The Hall–Kier alpha value is -1.36. The number of aliphatic hydroxyl groups is 1. The van der Waals surface area contributed by atoms with Gasteiger partial charge in [0.25, 0.3) is 0 Å². The third kappa shape index (κ3) is 2.18. The van der Waals surface area contributed by atoms with Crippen molar-refractivity contribution in [3.63, 3.8) is 0 Å². The summed E-state index contributed by atoms with van der Waals surface area (Å²) in [4.78, 5) is 23.2. The first-order valence-corrected chi connectivity index (χ1v) is 7.39. The maximum absolute atomic E-state index is 11.8. The molecule has 0 amide bonds. The molecular formula is C16H22O5. The van der Waals surface area contributed by atoms with Gasteiger partial charge in [0.05, 0.1) is 17.6 Å². The summed E-state index contributed by atoms with van der Waals surface area (Å²) in [6.07, 6.45) is 4.50. The number of aliphatic carboxylic acids is 1. The van der Waals surface area contributed by atoms with Gasteiger partial charge in [-0.2, -0.15) is 0 Å². The van der Waals surface area contributed by atoms with Crippen LogP contribution in [0.5, 0.6) is 0 Å². The average molecular weight is 294 g/mol. The molecule has 4 fully saturated rings. The van der Waals surface area contributed by atoms with Gasteiger partial charge in [0, 0.05) is 11.5 Å². The van der Waals surface area contributed by atoms with Gasteiger partial charge in [-0.3, -0.25) is 4.79 Å². The second-order valence-electron chi connectivity index (χ2n) is 7.99. The lowest BCUT2D eigenvalue weighted by Gasteiger charge is -2.67. The maximum atomic E-state index is 11.8. The van der Waals surface area contributed by atoms with Crippen LogP contribution in [0, 0.1) is 16.2 Å². The molecule has 4 aliphatic rings. The number of ether oxygens (including phenoxy) is 1. The molecule has 0 aromatic heterocycles. The van der Waals surface area contributed by atoms with Gasteiger partial charge in [-0.15, -0.1) is 0 Å². The Morgan fingerprint density at radius 1 is 1.19 bits per heavy atom. The molecule has 0 radical (unpaired) electrons. The quantitative estimate of drug-likeness (QED) is 0.611. The van der Waals surface area contributed by atoms with Crippen LogP contribution in [-0.2, 0) is 14.3 Å². The lowest BCUT2D eigenvalue weighted by molar-refractivity contribution is -0.243. The minimum atomic E-state index is -0.942. The molecule has 0 spiro atoms. The average Bonchev–Trinajstić information content (AvgIpc) is 2.31. The van der Waals surface area contributed by atoms with Crippen molar-refractivity contribution in [1.29, 1.82) is 0 Å². The van der Waals surface area contributed by atoms with Gasteiger partial charge in [0.2, 0.25) is 0 Å². The molecule has 0 heterocycles. The number of carboxylic acids is 1. The Morgan fingerprint density at radius 2 is 1.90 bits per heavy atom. The van der Waals surface area contributed by atoms with E-state index in [4.69, 9.17) is 4.74 Å². The molecule has 0 aromatic carbocycles. The summed E-state index contributed by atoms with van der Waals surface area (Å²) in [5.74, 6) is -1.32. The second-order valence-corrected chi connectivity index (χ2v) is 7.99. The zero-order valence-electron chi connectivity index (χ0n) is 12.4. The largest absolute Gasteiger partial charge is 0.481 e. The van der Waals surface area contributed by atoms with Gasteiger partial charge < -0.3 is 14.9 Å². The van der Waals surface area contributed by atoms with Gasteiger partial charge in [-0.05, 0) is 43.9 Å². The molecule has 4 atom stereocenters. The number of carbonyl (C=O) groups is 2. The van der Waals surface area contributed by atoms with Crippen LogP contribution in [0.1, 0.15) is 45.4 Å². The van der Waals surface area contributed by atoms with Gasteiger partial charge in [-0.1, -0.05) is 13.5 Å². The summed E-state index contributed by atoms with van der Waals surface area (Å²) in [5, 5.41) is 20.6. The molecule has 5 nitrogen and oxygen atoms in total. The van der Waals surface area contributed by atoms with E-state index in [2.05, 4.69) is 13.5 Å². The highest BCUT2D eigenvalue weighted by Gasteiger charge is 2.69. The van der Waals surface area contributed by atoms with Gasteiger partial charge in [0.1, 0.15) is 0 Å². The first kappa shape index (κ1) is 14.6. The molecule has 2 N–H and O–H groups in total. The van der Waals surface area contributed by atoms with E-state index in [1.54, 1.807) is 0 Å². The molecule has 4 unspecified atom stereocenters. The highest BCUT2D eigenvalue weighted by Crippen LogP contribution is 2.70. The standard InChI is InChI=1S/C16H22O5/c1-3-11(17)21-10-14-4-13(2)5-15(7-14,12(18)19)9-16(20,6-13)8-14/h3,20H,1,4-10H2,2H3,(H,18,19). The molecule has 0 aromatic rings. The lowest BCUT2D eigenvalue weighted by Crippen LogP contribution is -2.66. The van der Waals surface area contributed by atoms with Crippen LogP contribution in [0.3, 0.4) is 0 Å². The van der Waals surface area contributed by atoms with E-state index in [0.717, 1.165) is 12.5 Å². The first-order chi connectivity index (χ1) is 9.64. The lowest BCUT2D eigenvalue weighted by atomic mass is 9.38. The normalized spacial score (nSPS) is 47.1. The number of carbonyl (C=O) groups excluding carboxylic acids is 1. The fraction of sp³-hybridized carbons (Fsp3) is 0.750. The minimum Gasteiger partial charge on any atom is -0.481 e. The van der Waals surface area contributed by atoms with Crippen LogP contribution in [0.4, 0.5) is 0 Å². The van der Waals surface area contributed by atoms with E-state index in [1.165, 1.54) is 0 Å². The number of rotatable bonds is 4. The number of hydrogen-bond donors (Lipinski definition) is 2. The van der Waals surface area contributed by atoms with Crippen molar-refractivity contribution < 1.29 is 24.5 Å². The first-order valence-electron chi connectivity index (χ1n) is 7.39. The molecule has 0 aliphatic heterocycles. The van der Waals surface area contributed by atoms with Crippen LogP contribution >= 0.6 is 0 Å². The Kier molecular flexibility index (Phi) is 2.84. The van der Waals surface area contributed by atoms with Crippen LogP contribution < -0.4 is 0 Å². The van der Waals surface area contributed by atoms with Crippen LogP contribution in [0.25, 0.3) is 0 Å². The third-order valence-corrected chi connectivity index (χ3v) is 5.55. The van der Waals surface area contributed by atoms with Crippen molar-refractivity contribution in [2.45, 2.75) is 51.0 Å². The van der Waals surface area contributed by atoms with E-state index in [0.29, 0.717) is 32.1 Å². The molecule has 21 heavy (non-hydrogen) atoms. The predicted octanol–water partition coefficient (Wildman–Crippen LogP) is 1.89. The number of esters is 1. The zero-order chi connectivity index (χ0) is 15.5. The summed E-state index contributed by atoms with van der Waals surface area (Å²) < 4.78 is 5.23. The van der Waals surface area contributed by atoms with Crippen molar-refractivity contribution in [2.24, 2.45) is 16.2 Å². The highest BCUT2D eigenvalue weighted by molar-refractivity contribution is 5.81. The molecule has 4 bridgehead atoms. The Balaban J connectivity index is 1.94. The van der Waals surface area contributed by atoms with Gasteiger partial charge >= 0.3 is 11.9 Å². The summed E-state index contributed by atoms with van der Waals surface area (Å²) >= 11 is 0. The van der Waals surface area contributed by atoms with Crippen molar-refractivity contribution in [1.82, 2.24) is 0 Å². The van der Waals surface area contributed by atoms with E-state index in [1.807, 2.05) is 0 Å². The van der Waals surface area contributed by atoms with Crippen LogP contribution in [0.2, 0.25) is 0 Å². The topological polar surface area (TPSA) is 83.8 Å². The smallest absolute Gasteiger partial charge is 0.330 e. The molecule has 5 heteroatoms. The summed E-state index contributed by atoms with van der Waals surface area (Å²) in [6.45, 7) is 5.60. The third-order valence-electron chi connectivity index (χ3n) is 5.55. The maximum Gasteiger partial charge on any atom is 0.330 e. The van der Waals surface area contributed by atoms with Gasteiger partial charge in [-0.25, -0.2) is 4.79 Å². The molecular weight excluding hydrogens is 272 g/mol. The summed E-state index contributed by atoms with van der Waals surface area (Å²) in [7, 11) is 0. The predicted molar refractivity (Wildman–Crippen MR) is 74.4 cm³/mol. The van der Waals surface area contributed by atoms with E-state index >= 15 is 0 Å². The Morgan fingerprint density at radius 3 is 2.48 bits per heavy atom. The molecule has 4 rings (SSSR count). The monoisotopic (exact) mass is 294 g/mol. The zero-order valence-corrected chi connectivity index (χ0v) is 12.4. The fourth-order valence-corrected chi connectivity index (χ4v) is 5.98. The molecule has 0 saturated heterocycles. The fourth-order valence-electron chi connectivity index (χ4n) is 5.98. The number of hydrogen-bond acceptors (Lipinski definition) is 4. The summed E-state index contributed by atoms with van der Waals surface area (Å²) in [6, 6.07) is 0. The SMILES string of the molecule is C=CC(=O)OCC12CC3(C)CC(O)(C1)CC(C(=O)O)(C3)C2. The van der Waals surface area contributed by atoms with Crippen LogP contribution in [0.15, 0.2) is 12.7 Å². The Labute approximate surface area is 124 Å². The van der Waals surface area contributed by atoms with E-state index in [9.17, 15) is 19.8 Å². The van der Waals surface area contributed by atoms with Crippen molar-refractivity contribution in [2.75, 3.05) is 6.61 Å². The van der Waals surface area contributed by atoms with Crippen molar-refractivity contribution >= 4 is 11.9 Å².